The van der Waals surface area contributed by atoms with Crippen LogP contribution in [0.5, 0.6) is 11.5 Å². The van der Waals surface area contributed by atoms with Gasteiger partial charge in [-0.2, -0.15) is 14.9 Å². The Labute approximate surface area is 163 Å². The molecule has 0 fully saturated rings. The van der Waals surface area contributed by atoms with Crippen LogP contribution in [0.4, 0.5) is 0 Å². The van der Waals surface area contributed by atoms with Gasteiger partial charge in [0.05, 0.1) is 13.3 Å². The number of ether oxygens (including phenoxy) is 2. The Morgan fingerprint density at radius 2 is 1.93 bits per heavy atom. The van der Waals surface area contributed by atoms with E-state index in [0.717, 1.165) is 11.3 Å². The Hall–Kier alpha value is -2.93. The predicted octanol–water partition coefficient (Wildman–Crippen LogP) is 4.53. The van der Waals surface area contributed by atoms with Gasteiger partial charge in [0.25, 0.3) is 0 Å². The topological polar surface area (TPSA) is 64.4 Å². The van der Waals surface area contributed by atoms with Gasteiger partial charge in [-0.3, -0.25) is 0 Å². The number of aromatic amines is 1. The zero-order valence-corrected chi connectivity index (χ0v) is 16.4. The third-order valence-corrected chi connectivity index (χ3v) is 4.32. The van der Waals surface area contributed by atoms with Crippen LogP contribution < -0.4 is 9.47 Å². The van der Waals surface area contributed by atoms with E-state index in [1.807, 2.05) is 36.4 Å². The highest BCUT2D eigenvalue weighted by molar-refractivity contribution is 7.71. The van der Waals surface area contributed by atoms with E-state index in [1.54, 1.807) is 18.0 Å². The third kappa shape index (κ3) is 4.83. The fourth-order valence-electron chi connectivity index (χ4n) is 2.47. The van der Waals surface area contributed by atoms with Crippen LogP contribution in [0.3, 0.4) is 0 Å². The molecule has 0 aliphatic heterocycles. The van der Waals surface area contributed by atoms with Crippen LogP contribution >= 0.6 is 12.2 Å². The van der Waals surface area contributed by atoms with E-state index in [1.165, 1.54) is 5.56 Å². The number of nitrogens with zero attached hydrogens (tertiary/aromatic N) is 3. The summed E-state index contributed by atoms with van der Waals surface area (Å²) in [6.45, 7) is 4.56. The number of methoxy groups -OCH3 is 1. The van der Waals surface area contributed by atoms with Crippen molar-refractivity contribution in [3.8, 4) is 11.5 Å². The standard InChI is InChI=1S/C20H22N4O2S/c1-14(2)16-9-7-15(8-10-16)12-21-24-19(22-23-20(24)27)13-26-18-6-4-5-17(11-18)25-3/h4-12,14H,13H2,1-3H3,(H,23,27)/b21-12-. The molecule has 0 saturated carbocycles. The molecule has 3 rings (SSSR count). The van der Waals surface area contributed by atoms with Gasteiger partial charge in [-0.25, -0.2) is 5.10 Å². The van der Waals surface area contributed by atoms with E-state index in [-0.39, 0.29) is 6.61 Å². The summed E-state index contributed by atoms with van der Waals surface area (Å²) in [7, 11) is 1.62. The van der Waals surface area contributed by atoms with Crippen molar-refractivity contribution in [1.29, 1.82) is 0 Å². The maximum Gasteiger partial charge on any atom is 0.216 e. The molecule has 27 heavy (non-hydrogen) atoms. The van der Waals surface area contributed by atoms with E-state index in [2.05, 4.69) is 41.3 Å². The summed E-state index contributed by atoms with van der Waals surface area (Å²) in [6.07, 6.45) is 1.75. The molecular weight excluding hydrogens is 360 g/mol. The van der Waals surface area contributed by atoms with Gasteiger partial charge in [-0.15, -0.1) is 0 Å². The van der Waals surface area contributed by atoms with Crippen molar-refractivity contribution in [1.82, 2.24) is 14.9 Å². The molecule has 0 unspecified atom stereocenters. The first-order chi connectivity index (χ1) is 13.1. The van der Waals surface area contributed by atoms with E-state index in [0.29, 0.717) is 22.3 Å². The maximum atomic E-state index is 5.78. The summed E-state index contributed by atoms with van der Waals surface area (Å²) in [5.74, 6) is 2.49. The first-order valence-electron chi connectivity index (χ1n) is 8.64. The molecule has 6 nitrogen and oxygen atoms in total. The van der Waals surface area contributed by atoms with Gasteiger partial charge in [0.2, 0.25) is 4.77 Å². The molecule has 1 aromatic heterocycles. The van der Waals surface area contributed by atoms with Crippen LogP contribution in [-0.4, -0.2) is 28.2 Å². The van der Waals surface area contributed by atoms with Gasteiger partial charge in [-0.05, 0) is 41.4 Å². The SMILES string of the molecule is COc1cccc(OCc2n[nH]c(=S)n2/N=C\c2ccc(C(C)C)cc2)c1. The zero-order valence-electron chi connectivity index (χ0n) is 15.5. The number of H-pyrrole nitrogens is 1. The first-order valence-corrected chi connectivity index (χ1v) is 9.05. The maximum absolute atomic E-state index is 5.78. The van der Waals surface area contributed by atoms with Crippen molar-refractivity contribution in [3.05, 3.63) is 70.3 Å². The first kappa shape index (κ1) is 18.8. The molecule has 0 spiro atoms. The molecule has 7 heteroatoms. The molecule has 1 heterocycles. The van der Waals surface area contributed by atoms with Gasteiger partial charge in [0.1, 0.15) is 18.1 Å². The van der Waals surface area contributed by atoms with E-state index >= 15 is 0 Å². The Morgan fingerprint density at radius 1 is 1.19 bits per heavy atom. The summed E-state index contributed by atoms with van der Waals surface area (Å²) in [5, 5.41) is 11.4. The summed E-state index contributed by atoms with van der Waals surface area (Å²) in [6, 6.07) is 15.7. The second-order valence-corrected chi connectivity index (χ2v) is 6.68. The smallest absolute Gasteiger partial charge is 0.216 e. The molecule has 0 amide bonds. The molecule has 0 radical (unpaired) electrons. The third-order valence-electron chi connectivity index (χ3n) is 4.05. The summed E-state index contributed by atoms with van der Waals surface area (Å²) >= 11 is 5.27. The van der Waals surface area contributed by atoms with Crippen molar-refractivity contribution < 1.29 is 9.47 Å². The minimum atomic E-state index is 0.226. The van der Waals surface area contributed by atoms with Crippen molar-refractivity contribution in [2.75, 3.05) is 7.11 Å². The van der Waals surface area contributed by atoms with Crippen LogP contribution in [0.2, 0.25) is 0 Å². The highest BCUT2D eigenvalue weighted by Gasteiger charge is 2.07. The van der Waals surface area contributed by atoms with E-state index in [4.69, 9.17) is 21.7 Å². The number of hydrogen-bond acceptors (Lipinski definition) is 5. The Balaban J connectivity index is 1.73. The van der Waals surface area contributed by atoms with Crippen LogP contribution in [-0.2, 0) is 6.61 Å². The molecule has 140 valence electrons. The second-order valence-electron chi connectivity index (χ2n) is 6.29. The zero-order chi connectivity index (χ0) is 19.2. The van der Waals surface area contributed by atoms with Gasteiger partial charge in [0, 0.05) is 6.07 Å². The number of nitrogens with one attached hydrogen (secondary N) is 1. The van der Waals surface area contributed by atoms with Crippen LogP contribution in [0.25, 0.3) is 0 Å². The normalized spacial score (nSPS) is 11.3. The molecule has 0 atom stereocenters. The van der Waals surface area contributed by atoms with Crippen molar-refractivity contribution >= 4 is 18.4 Å². The minimum absolute atomic E-state index is 0.226. The highest BCUT2D eigenvalue weighted by atomic mass is 32.1. The predicted molar refractivity (Wildman–Crippen MR) is 108 cm³/mol. The average molecular weight is 382 g/mol. The Morgan fingerprint density at radius 3 is 2.63 bits per heavy atom. The largest absolute Gasteiger partial charge is 0.497 e. The molecule has 3 aromatic rings. The van der Waals surface area contributed by atoms with Gasteiger partial charge in [0.15, 0.2) is 5.82 Å². The number of hydrogen-bond donors (Lipinski definition) is 1. The minimum Gasteiger partial charge on any atom is -0.497 e. The Kier molecular flexibility index (Phi) is 6.03. The molecule has 0 aliphatic rings. The van der Waals surface area contributed by atoms with Gasteiger partial charge in [-0.1, -0.05) is 44.2 Å². The number of rotatable bonds is 7. The summed E-state index contributed by atoms with van der Waals surface area (Å²) < 4.78 is 13.0. The molecule has 0 bridgehead atoms. The molecule has 0 aliphatic carbocycles. The lowest BCUT2D eigenvalue weighted by molar-refractivity contribution is 0.288. The molecule has 2 aromatic carbocycles. The lowest BCUT2D eigenvalue weighted by Gasteiger charge is -2.07. The van der Waals surface area contributed by atoms with Gasteiger partial charge < -0.3 is 9.47 Å². The molecule has 0 saturated heterocycles. The van der Waals surface area contributed by atoms with Crippen molar-refractivity contribution in [2.24, 2.45) is 5.10 Å². The fourth-order valence-corrected chi connectivity index (χ4v) is 2.67. The van der Waals surface area contributed by atoms with E-state index < -0.39 is 0 Å². The fraction of sp³-hybridized carbons (Fsp3) is 0.250. The highest BCUT2D eigenvalue weighted by Crippen LogP contribution is 2.19. The molecular formula is C20H22N4O2S. The lowest BCUT2D eigenvalue weighted by Crippen LogP contribution is -2.04. The quantitative estimate of drug-likeness (QED) is 0.481. The monoisotopic (exact) mass is 382 g/mol. The number of benzene rings is 2. The van der Waals surface area contributed by atoms with Crippen LogP contribution in [0, 0.1) is 4.77 Å². The summed E-state index contributed by atoms with van der Waals surface area (Å²) in [4.78, 5) is 0. The van der Waals surface area contributed by atoms with E-state index in [9.17, 15) is 0 Å². The van der Waals surface area contributed by atoms with Crippen molar-refractivity contribution in [3.63, 3.8) is 0 Å². The average Bonchev–Trinajstić information content (AvgIpc) is 3.04. The lowest BCUT2D eigenvalue weighted by atomic mass is 10.0. The van der Waals surface area contributed by atoms with Crippen LogP contribution in [0.15, 0.2) is 53.6 Å². The summed E-state index contributed by atoms with van der Waals surface area (Å²) in [5.41, 5.74) is 2.28. The van der Waals surface area contributed by atoms with Gasteiger partial charge >= 0.3 is 0 Å². The second kappa shape index (κ2) is 8.64. The molecule has 1 N–H and O–H groups in total. The Bertz CT molecular complexity index is 974. The van der Waals surface area contributed by atoms with Crippen molar-refractivity contribution in [2.45, 2.75) is 26.4 Å². The van der Waals surface area contributed by atoms with Crippen LogP contribution in [0.1, 0.15) is 36.7 Å². The number of aromatic nitrogens is 3.